The summed E-state index contributed by atoms with van der Waals surface area (Å²) < 4.78 is 11.3. The van der Waals surface area contributed by atoms with E-state index in [1.807, 2.05) is 39.0 Å². The van der Waals surface area contributed by atoms with E-state index in [-0.39, 0.29) is 46.9 Å². The van der Waals surface area contributed by atoms with Crippen molar-refractivity contribution in [2.24, 2.45) is 5.16 Å². The molecule has 0 aromatic heterocycles. The van der Waals surface area contributed by atoms with E-state index in [1.165, 1.54) is 0 Å². The maximum Gasteiger partial charge on any atom is 0.342 e. The molecule has 0 aliphatic carbocycles. The molecule has 2 unspecified atom stereocenters. The summed E-state index contributed by atoms with van der Waals surface area (Å²) in [5.74, 6) is -1.78. The Hall–Kier alpha value is -3.61. The van der Waals surface area contributed by atoms with Crippen LogP contribution < -0.4 is 5.32 Å². The number of hydrogen-bond donors (Lipinski definition) is 3. The molecule has 2 fully saturated rings. The SMILES string of the molecule is CC.CCOC1/C=C/CC(C)OC(=O)c2c(O)cc(O)c(Cl)c2CC(=N\OCC(=O)N2CCCCC2)/C=C/C1.O=CN1CCNCC1. The summed E-state index contributed by atoms with van der Waals surface area (Å²) in [5, 5.41) is 27.9. The fourth-order valence-corrected chi connectivity index (χ4v) is 5.26. The van der Waals surface area contributed by atoms with Crippen molar-refractivity contribution < 1.29 is 38.9 Å². The first-order valence-electron chi connectivity index (χ1n) is 16.5. The summed E-state index contributed by atoms with van der Waals surface area (Å²) in [5.41, 5.74) is 0.310. The highest BCUT2D eigenvalue weighted by Crippen LogP contribution is 2.37. The van der Waals surface area contributed by atoms with Gasteiger partial charge in [0.15, 0.2) is 6.61 Å². The highest BCUT2D eigenvalue weighted by molar-refractivity contribution is 6.33. The third kappa shape index (κ3) is 13.6. The Labute approximate surface area is 283 Å². The minimum Gasteiger partial charge on any atom is -0.507 e. The highest BCUT2D eigenvalue weighted by atomic mass is 35.5. The van der Waals surface area contributed by atoms with Crippen molar-refractivity contribution in [3.63, 3.8) is 0 Å². The molecule has 12 nitrogen and oxygen atoms in total. The number of cyclic esters (lactones) is 1. The molecule has 1 aromatic carbocycles. The van der Waals surface area contributed by atoms with Gasteiger partial charge in [0.2, 0.25) is 6.41 Å². The molecular weight excluding hydrogens is 628 g/mol. The minimum absolute atomic E-state index is 0.0663. The normalized spacial score (nSPS) is 22.6. The summed E-state index contributed by atoms with van der Waals surface area (Å²) in [6, 6.07) is 1.00. The average molecular weight is 679 g/mol. The Morgan fingerprint density at radius 2 is 1.81 bits per heavy atom. The molecular formula is C34H51ClN4O8. The lowest BCUT2D eigenvalue weighted by Gasteiger charge is -2.26. The zero-order chi connectivity index (χ0) is 34.6. The van der Waals surface area contributed by atoms with Crippen molar-refractivity contribution in [2.75, 3.05) is 52.5 Å². The van der Waals surface area contributed by atoms with Gasteiger partial charge in [-0.15, -0.1) is 0 Å². The molecule has 0 spiro atoms. The van der Waals surface area contributed by atoms with Crippen LogP contribution in [0.1, 0.15) is 75.7 Å². The monoisotopic (exact) mass is 678 g/mol. The number of phenols is 2. The van der Waals surface area contributed by atoms with Gasteiger partial charge in [0.1, 0.15) is 23.2 Å². The topological polar surface area (TPSA) is 150 Å². The number of phenolic OH excluding ortho intramolecular Hbond substituents is 2. The molecule has 2 amide bonds. The molecule has 0 radical (unpaired) electrons. The van der Waals surface area contributed by atoms with E-state index in [4.69, 9.17) is 25.9 Å². The Kier molecular flexibility index (Phi) is 18.6. The predicted molar refractivity (Wildman–Crippen MR) is 182 cm³/mol. The number of rotatable bonds is 6. The lowest BCUT2D eigenvalue weighted by molar-refractivity contribution is -0.137. The molecule has 0 saturated carbocycles. The second kappa shape index (κ2) is 22.0. The van der Waals surface area contributed by atoms with Gasteiger partial charge in [-0.3, -0.25) is 9.59 Å². The van der Waals surface area contributed by atoms with E-state index in [2.05, 4.69) is 10.5 Å². The number of aromatic hydroxyl groups is 2. The number of allylic oxidation sites excluding steroid dienone is 1. The molecule has 13 heteroatoms. The third-order valence-corrected chi connectivity index (χ3v) is 7.87. The van der Waals surface area contributed by atoms with Crippen LogP contribution in [0.25, 0.3) is 0 Å². The number of nitrogens with one attached hydrogen (secondary N) is 1. The van der Waals surface area contributed by atoms with E-state index in [9.17, 15) is 24.6 Å². The van der Waals surface area contributed by atoms with Crippen molar-refractivity contribution in [2.45, 2.75) is 78.4 Å². The number of hydrogen-bond acceptors (Lipinski definition) is 10. The van der Waals surface area contributed by atoms with Crippen molar-refractivity contribution in [1.29, 1.82) is 0 Å². The number of amides is 2. The van der Waals surface area contributed by atoms with Gasteiger partial charge in [0.05, 0.1) is 16.8 Å². The van der Waals surface area contributed by atoms with Crippen LogP contribution in [-0.4, -0.2) is 109 Å². The number of esters is 1. The van der Waals surface area contributed by atoms with Crippen LogP contribution in [0.2, 0.25) is 5.02 Å². The number of likely N-dealkylation sites (tertiary alicyclic amines) is 1. The van der Waals surface area contributed by atoms with Crippen LogP contribution in [0, 0.1) is 0 Å². The van der Waals surface area contributed by atoms with E-state index < -0.39 is 17.8 Å². The van der Waals surface area contributed by atoms with Crippen LogP contribution in [0.15, 0.2) is 35.5 Å². The summed E-state index contributed by atoms with van der Waals surface area (Å²) in [7, 11) is 0. The van der Waals surface area contributed by atoms with Gasteiger partial charge < -0.3 is 39.6 Å². The largest absolute Gasteiger partial charge is 0.507 e. The second-order valence-electron chi connectivity index (χ2n) is 11.0. The highest BCUT2D eigenvalue weighted by Gasteiger charge is 2.26. The quantitative estimate of drug-likeness (QED) is 0.170. The summed E-state index contributed by atoms with van der Waals surface area (Å²) in [4.78, 5) is 44.5. The van der Waals surface area contributed by atoms with E-state index in [1.54, 1.807) is 22.8 Å². The fourth-order valence-electron chi connectivity index (χ4n) is 5.04. The summed E-state index contributed by atoms with van der Waals surface area (Å²) in [6.07, 6.45) is 11.5. The van der Waals surface area contributed by atoms with Gasteiger partial charge in [-0.2, -0.15) is 0 Å². The number of oxime groups is 1. The van der Waals surface area contributed by atoms with Gasteiger partial charge >= 0.3 is 5.97 Å². The zero-order valence-electron chi connectivity index (χ0n) is 28.1. The molecule has 2 saturated heterocycles. The maximum absolute atomic E-state index is 13.0. The Morgan fingerprint density at radius 3 is 2.45 bits per heavy atom. The number of halogens is 1. The predicted octanol–water partition coefficient (Wildman–Crippen LogP) is 4.61. The first kappa shape index (κ1) is 39.6. The van der Waals surface area contributed by atoms with Gasteiger partial charge in [0.25, 0.3) is 5.91 Å². The van der Waals surface area contributed by atoms with E-state index >= 15 is 0 Å². The van der Waals surface area contributed by atoms with E-state index in [0.29, 0.717) is 38.2 Å². The molecule has 0 bridgehead atoms. The fraction of sp³-hybridized carbons (Fsp3) is 0.588. The van der Waals surface area contributed by atoms with Crippen molar-refractivity contribution >= 4 is 35.6 Å². The standard InChI is InChI=1S/C27H35ClN2O7.C5H10N2O.C2H6/c1-3-35-20-11-7-9-18(2)37-27(34)25-21(26(28)23(32)16-22(25)31)15-19(10-8-12-20)29-36-17-24(33)30-13-5-4-6-14-30;8-5-7-3-1-6-2-4-7;1-2/h7-8,10-11,16,18,20,31-32H,3-6,9,12-15,17H2,1-2H3;5-6H,1-4H2;1-2H3/b10-8+,11-7+,29-19-;;. The van der Waals surface area contributed by atoms with Crippen molar-refractivity contribution in [3.8, 4) is 11.5 Å². The van der Waals surface area contributed by atoms with E-state index in [0.717, 1.165) is 57.9 Å². The van der Waals surface area contributed by atoms with Gasteiger partial charge in [-0.25, -0.2) is 4.79 Å². The molecule has 3 aliphatic heterocycles. The molecule has 3 N–H and O–H groups in total. The maximum atomic E-state index is 13.0. The van der Waals surface area contributed by atoms with Crippen LogP contribution in [0.4, 0.5) is 0 Å². The number of fused-ring (bicyclic) bond motifs is 1. The molecule has 4 rings (SSSR count). The lowest BCUT2D eigenvalue weighted by atomic mass is 9.99. The number of carbonyl (C=O) groups excluding carboxylic acids is 3. The minimum atomic E-state index is -0.779. The van der Waals surface area contributed by atoms with Crippen LogP contribution in [-0.2, 0) is 30.3 Å². The Balaban J connectivity index is 0.000000660. The molecule has 47 heavy (non-hydrogen) atoms. The van der Waals surface area contributed by atoms with Gasteiger partial charge in [-0.05, 0) is 51.2 Å². The average Bonchev–Trinajstić information content (AvgIpc) is 3.08. The first-order valence-corrected chi connectivity index (χ1v) is 16.9. The molecule has 3 heterocycles. The number of piperazine rings is 1. The second-order valence-corrected chi connectivity index (χ2v) is 11.3. The smallest absolute Gasteiger partial charge is 0.342 e. The third-order valence-electron chi connectivity index (χ3n) is 7.45. The number of carbonyl (C=O) groups is 3. The van der Waals surface area contributed by atoms with Crippen molar-refractivity contribution in [3.05, 3.63) is 46.5 Å². The number of piperidine rings is 1. The number of ether oxygens (including phenoxy) is 2. The van der Waals surface area contributed by atoms with Crippen LogP contribution in [0.3, 0.4) is 0 Å². The lowest BCUT2D eigenvalue weighted by Crippen LogP contribution is -2.42. The zero-order valence-corrected chi connectivity index (χ0v) is 28.8. The Bertz CT molecular complexity index is 1230. The van der Waals surface area contributed by atoms with Gasteiger partial charge in [-0.1, -0.05) is 48.8 Å². The van der Waals surface area contributed by atoms with Gasteiger partial charge in [0, 0.05) is 64.8 Å². The molecule has 1 aromatic rings. The first-order chi connectivity index (χ1) is 22.7. The molecule has 2 atom stereocenters. The molecule has 3 aliphatic rings. The van der Waals surface area contributed by atoms with Crippen LogP contribution in [0.5, 0.6) is 11.5 Å². The number of benzene rings is 1. The molecule has 262 valence electrons. The number of nitrogens with zero attached hydrogens (tertiary/aromatic N) is 3. The Morgan fingerprint density at radius 1 is 1.11 bits per heavy atom. The van der Waals surface area contributed by atoms with Crippen LogP contribution >= 0.6 is 11.6 Å². The summed E-state index contributed by atoms with van der Waals surface area (Å²) >= 11 is 6.37. The van der Waals surface area contributed by atoms with Crippen molar-refractivity contribution in [1.82, 2.24) is 15.1 Å². The summed E-state index contributed by atoms with van der Waals surface area (Å²) in [6.45, 7) is 13.0.